The van der Waals surface area contributed by atoms with Crippen molar-refractivity contribution in [3.8, 4) is 0 Å². The summed E-state index contributed by atoms with van der Waals surface area (Å²) in [6.07, 6.45) is 2.16. The van der Waals surface area contributed by atoms with E-state index in [1.54, 1.807) is 31.2 Å². The van der Waals surface area contributed by atoms with E-state index in [1.165, 1.54) is 12.1 Å². The molecule has 1 atom stereocenters. The Hall–Kier alpha value is 0.140. The summed E-state index contributed by atoms with van der Waals surface area (Å²) < 4.78 is 55.1. The molecule has 2 N–H and O–H groups in total. The fraction of sp³-hybridized carbons (Fsp3) is 0.333. The van der Waals surface area contributed by atoms with Crippen LogP contribution in [0.1, 0.15) is 44.7 Å². The van der Waals surface area contributed by atoms with E-state index in [-0.39, 0.29) is 116 Å². The standard InChI is InChI=1S/C24H29N3O6S2.3Na/c1-14(2)11-12-24(3)17-8-6-5-7-16(17)21(28)20(22(24)29)23-25-18-10-9-15(26-34(4,30)31)13-19(18)35(32,33)27-23;;;/h5-10,13-14,26,28,32-33H,11-12H2,1-4H3,(H,25,27);;;/q;3*+1/p-3. The van der Waals surface area contributed by atoms with Crippen LogP contribution in [0.25, 0.3) is 5.76 Å². The minimum Gasteiger partial charge on any atom is -0.871 e. The van der Waals surface area contributed by atoms with Gasteiger partial charge in [-0.15, -0.1) is 0 Å². The van der Waals surface area contributed by atoms with Gasteiger partial charge in [-0.25, -0.2) is 12.8 Å². The summed E-state index contributed by atoms with van der Waals surface area (Å²) in [7, 11) is -7.97. The first-order chi connectivity index (χ1) is 16.2. The molecule has 2 aliphatic rings. The number of sulfonamides is 2. The number of rotatable bonds is 6. The average molecular weight is 586 g/mol. The van der Waals surface area contributed by atoms with Gasteiger partial charge >= 0.3 is 88.7 Å². The monoisotopic (exact) mass is 585 g/mol. The first kappa shape index (κ1) is 36.2. The van der Waals surface area contributed by atoms with Gasteiger partial charge in [0.1, 0.15) is 0 Å². The summed E-state index contributed by atoms with van der Waals surface area (Å²) >= 11 is 0. The molecule has 1 aliphatic carbocycles. The first-order valence-electron chi connectivity index (χ1n) is 11.0. The van der Waals surface area contributed by atoms with Gasteiger partial charge in [0.2, 0.25) is 10.0 Å². The molecule has 2 aromatic carbocycles. The Balaban J connectivity index is 0.00000241. The van der Waals surface area contributed by atoms with Crippen LogP contribution in [0.15, 0.2) is 57.3 Å². The molecule has 0 saturated carbocycles. The Labute approximate surface area is 291 Å². The molecule has 1 heterocycles. The van der Waals surface area contributed by atoms with Gasteiger partial charge in [-0.2, -0.15) is 0 Å². The smallest absolute Gasteiger partial charge is 0.871 e. The summed E-state index contributed by atoms with van der Waals surface area (Å²) in [5.41, 5.74) is -0.235. The number of carbonyl (C=O) groups excluding carboxylic acids is 1. The van der Waals surface area contributed by atoms with E-state index >= 15 is 0 Å². The van der Waals surface area contributed by atoms with Crippen LogP contribution < -0.4 is 104 Å². The molecule has 2 aromatic rings. The molecule has 0 amide bonds. The minimum absolute atomic E-state index is 0. The molecule has 38 heavy (non-hydrogen) atoms. The van der Waals surface area contributed by atoms with E-state index in [0.717, 1.165) is 18.7 Å². The molecule has 0 fully saturated rings. The van der Waals surface area contributed by atoms with E-state index in [9.17, 15) is 27.4 Å². The number of amidine groups is 1. The number of anilines is 2. The molecule has 14 heteroatoms. The van der Waals surface area contributed by atoms with Gasteiger partial charge in [-0.05, 0) is 55.0 Å². The maximum atomic E-state index is 13.8. The molecule has 4 rings (SSSR count). The second-order valence-corrected chi connectivity index (χ2v) is 12.8. The summed E-state index contributed by atoms with van der Waals surface area (Å²) in [6.45, 7) is 5.86. The van der Waals surface area contributed by atoms with Crippen LogP contribution in [0.4, 0.5) is 11.4 Å². The summed E-state index contributed by atoms with van der Waals surface area (Å²) in [5.74, 6) is -1.09. The van der Waals surface area contributed by atoms with Crippen molar-refractivity contribution in [1.82, 2.24) is 0 Å². The number of nitrogens with zero attached hydrogens (tertiary/aromatic N) is 1. The van der Waals surface area contributed by atoms with Crippen molar-refractivity contribution in [3.63, 3.8) is 0 Å². The van der Waals surface area contributed by atoms with Crippen LogP contribution >= 0.6 is 10.8 Å². The zero-order chi connectivity index (χ0) is 25.8. The van der Waals surface area contributed by atoms with Gasteiger partial charge < -0.3 is 30.3 Å². The Kier molecular flexibility index (Phi) is 12.8. The van der Waals surface area contributed by atoms with Crippen LogP contribution in [0, 0.1) is 5.92 Å². The van der Waals surface area contributed by atoms with Crippen molar-refractivity contribution in [1.29, 1.82) is 0 Å². The zero-order valence-corrected chi connectivity index (χ0v) is 30.4. The molecule has 0 saturated heterocycles. The van der Waals surface area contributed by atoms with E-state index in [2.05, 4.69) is 14.4 Å². The fourth-order valence-corrected chi connectivity index (χ4v) is 6.09. The number of benzene rings is 2. The Morgan fingerprint density at radius 2 is 1.74 bits per heavy atom. The number of Topliss-reactive ketones (excluding diaryl/α,β-unsaturated/α-hetero) is 1. The third-order valence-electron chi connectivity index (χ3n) is 6.21. The van der Waals surface area contributed by atoms with Crippen molar-refractivity contribution < 1.29 is 116 Å². The largest absolute Gasteiger partial charge is 1.00 e. The van der Waals surface area contributed by atoms with Crippen LogP contribution in [-0.4, -0.2) is 35.4 Å². The Morgan fingerprint density at radius 1 is 1.11 bits per heavy atom. The van der Waals surface area contributed by atoms with Crippen molar-refractivity contribution in [3.05, 3.63) is 59.2 Å². The van der Waals surface area contributed by atoms with Gasteiger partial charge in [0.05, 0.1) is 28.6 Å². The van der Waals surface area contributed by atoms with Crippen LogP contribution in [0.3, 0.4) is 0 Å². The van der Waals surface area contributed by atoms with Gasteiger partial charge in [0.25, 0.3) is 0 Å². The fourth-order valence-electron chi connectivity index (χ4n) is 4.38. The van der Waals surface area contributed by atoms with Crippen LogP contribution in [0.5, 0.6) is 0 Å². The second kappa shape index (κ2) is 13.4. The topological polar surface area (TPSA) is 157 Å². The zero-order valence-electron chi connectivity index (χ0n) is 22.7. The Morgan fingerprint density at radius 3 is 2.34 bits per heavy atom. The molecule has 9 nitrogen and oxygen atoms in total. The summed E-state index contributed by atoms with van der Waals surface area (Å²) in [6, 6.07) is 10.7. The average Bonchev–Trinajstić information content (AvgIpc) is 2.76. The summed E-state index contributed by atoms with van der Waals surface area (Å²) in [5, 5.41) is 16.3. The molecule has 188 valence electrons. The Bertz CT molecular complexity index is 1400. The quantitative estimate of drug-likeness (QED) is 0.320. The maximum Gasteiger partial charge on any atom is 1.00 e. The third kappa shape index (κ3) is 7.31. The SMILES string of the molecule is CC(C)CCC1(C)C(=O)C(C2=NS([O-])([O-])c3cc(NS(C)(=O)=O)ccc3N2)=C([O-])c2ccccc21.[Na+].[Na+].[Na+]. The molecule has 0 bridgehead atoms. The summed E-state index contributed by atoms with van der Waals surface area (Å²) in [4.78, 5) is 13.5. The van der Waals surface area contributed by atoms with E-state index < -0.39 is 37.8 Å². The normalized spacial score (nSPS) is 20.4. The first-order valence-corrected chi connectivity index (χ1v) is 14.4. The maximum absolute atomic E-state index is 13.8. The second-order valence-electron chi connectivity index (χ2n) is 9.47. The van der Waals surface area contributed by atoms with Crippen molar-refractivity contribution in [2.24, 2.45) is 10.3 Å². The van der Waals surface area contributed by atoms with Gasteiger partial charge in [-0.1, -0.05) is 43.9 Å². The number of ketones is 1. The van der Waals surface area contributed by atoms with E-state index in [1.807, 2.05) is 13.8 Å². The number of hydrogen-bond donors (Lipinski definition) is 2. The molecular weight excluding hydrogens is 559 g/mol. The number of nitrogens with one attached hydrogen (secondary N) is 2. The third-order valence-corrected chi connectivity index (χ3v) is 8.13. The van der Waals surface area contributed by atoms with Gasteiger partial charge in [-0.3, -0.25) is 9.52 Å². The molecule has 0 spiro atoms. The van der Waals surface area contributed by atoms with Gasteiger partial charge in [0, 0.05) is 4.90 Å². The molecule has 1 unspecified atom stereocenters. The van der Waals surface area contributed by atoms with Crippen LogP contribution in [-0.2, 0) is 20.2 Å². The molecular formula is C24H26N3Na3O6S2. The predicted octanol–water partition coefficient (Wildman–Crippen LogP) is -5.72. The van der Waals surface area contributed by atoms with Crippen molar-refractivity contribution in [2.75, 3.05) is 16.3 Å². The van der Waals surface area contributed by atoms with Gasteiger partial charge in [0.15, 0.2) is 11.6 Å². The minimum atomic E-state index is -4.34. The number of hydrogen-bond acceptors (Lipinski definition) is 8. The van der Waals surface area contributed by atoms with Crippen molar-refractivity contribution >= 4 is 49.6 Å². The van der Waals surface area contributed by atoms with Crippen LogP contribution in [0.2, 0.25) is 0 Å². The van der Waals surface area contributed by atoms with E-state index in [0.29, 0.717) is 23.5 Å². The number of fused-ring (bicyclic) bond motifs is 2. The van der Waals surface area contributed by atoms with Crippen molar-refractivity contribution in [2.45, 2.75) is 43.9 Å². The molecule has 0 radical (unpaired) electrons. The van der Waals surface area contributed by atoms with E-state index in [4.69, 9.17) is 0 Å². The number of carbonyl (C=O) groups is 1. The molecule has 0 aromatic heterocycles. The predicted molar refractivity (Wildman–Crippen MR) is 133 cm³/mol. The molecule has 1 aliphatic heterocycles.